The molecule has 0 saturated heterocycles. The van der Waals surface area contributed by atoms with Crippen molar-refractivity contribution in [3.05, 3.63) is 33.3 Å². The number of hydrogen-bond acceptors (Lipinski definition) is 6. The number of aromatic nitrogens is 3. The number of aromatic amines is 1. The summed E-state index contributed by atoms with van der Waals surface area (Å²) >= 11 is 1.53. The van der Waals surface area contributed by atoms with Gasteiger partial charge in [0, 0.05) is 10.6 Å². The van der Waals surface area contributed by atoms with Gasteiger partial charge in [0.1, 0.15) is 11.1 Å². The summed E-state index contributed by atoms with van der Waals surface area (Å²) in [5, 5.41) is 24.1. The molecule has 3 aromatic rings. The predicted molar refractivity (Wildman–Crippen MR) is 106 cm³/mol. The van der Waals surface area contributed by atoms with Crippen molar-refractivity contribution in [1.82, 2.24) is 15.2 Å². The summed E-state index contributed by atoms with van der Waals surface area (Å²) in [6, 6.07) is 4.25. The van der Waals surface area contributed by atoms with Crippen molar-refractivity contribution in [2.75, 3.05) is 17.2 Å². The first-order valence-corrected chi connectivity index (χ1v) is 9.79. The normalized spacial score (nSPS) is 13.2. The lowest BCUT2D eigenvalue weighted by molar-refractivity contribution is -0.114. The van der Waals surface area contributed by atoms with Crippen molar-refractivity contribution < 1.29 is 4.79 Å². The van der Waals surface area contributed by atoms with Crippen molar-refractivity contribution in [3.63, 3.8) is 0 Å². The van der Waals surface area contributed by atoms with Crippen LogP contribution in [0.2, 0.25) is 0 Å². The number of amides is 1. The van der Waals surface area contributed by atoms with Crippen LogP contribution in [0.15, 0.2) is 6.07 Å². The molecule has 0 saturated carbocycles. The lowest BCUT2D eigenvalue weighted by atomic mass is 9.96. The Kier molecular flexibility index (Phi) is 4.54. The van der Waals surface area contributed by atoms with E-state index in [0.717, 1.165) is 47.9 Å². The second-order valence-corrected chi connectivity index (χ2v) is 7.91. The van der Waals surface area contributed by atoms with Gasteiger partial charge in [-0.25, -0.2) is 4.98 Å². The molecule has 0 spiro atoms. The van der Waals surface area contributed by atoms with Gasteiger partial charge in [0.05, 0.1) is 17.5 Å². The third kappa shape index (κ3) is 3.26. The Bertz CT molecular complexity index is 1070. The average Bonchev–Trinajstić information content (AvgIpc) is 3.20. The van der Waals surface area contributed by atoms with Gasteiger partial charge < -0.3 is 10.6 Å². The van der Waals surface area contributed by atoms with E-state index in [2.05, 4.69) is 31.9 Å². The van der Waals surface area contributed by atoms with Crippen molar-refractivity contribution in [2.45, 2.75) is 39.5 Å². The molecule has 27 heavy (non-hydrogen) atoms. The van der Waals surface area contributed by atoms with Gasteiger partial charge in [-0.2, -0.15) is 10.4 Å². The van der Waals surface area contributed by atoms with Crippen LogP contribution in [-0.2, 0) is 17.6 Å². The van der Waals surface area contributed by atoms with Crippen LogP contribution < -0.4 is 10.6 Å². The van der Waals surface area contributed by atoms with Crippen molar-refractivity contribution >= 4 is 39.1 Å². The molecule has 7 nitrogen and oxygen atoms in total. The maximum absolute atomic E-state index is 12.4. The summed E-state index contributed by atoms with van der Waals surface area (Å²) in [5.41, 5.74) is 4.41. The number of thiophene rings is 1. The molecule has 1 aliphatic rings. The highest BCUT2D eigenvalue weighted by atomic mass is 32.1. The molecule has 8 heteroatoms. The Morgan fingerprint density at radius 2 is 2.19 bits per heavy atom. The zero-order valence-electron chi connectivity index (χ0n) is 15.3. The van der Waals surface area contributed by atoms with Crippen molar-refractivity contribution in [1.29, 1.82) is 5.26 Å². The molecule has 1 amide bonds. The summed E-state index contributed by atoms with van der Waals surface area (Å²) in [5.74, 6) is 0.412. The lowest BCUT2D eigenvalue weighted by Crippen LogP contribution is -2.22. The zero-order valence-corrected chi connectivity index (χ0v) is 16.1. The monoisotopic (exact) mass is 380 g/mol. The molecule has 3 N–H and O–H groups in total. The highest BCUT2D eigenvalue weighted by Gasteiger charge is 2.22. The van der Waals surface area contributed by atoms with E-state index >= 15 is 0 Å². The minimum atomic E-state index is -0.195. The number of carbonyl (C=O) groups excluding carboxylic acids is 1. The average molecular weight is 380 g/mol. The molecule has 0 atom stereocenters. The maximum Gasteiger partial charge on any atom is 0.244 e. The number of nitriles is 1. The van der Waals surface area contributed by atoms with Crippen LogP contribution in [0, 0.1) is 25.2 Å². The minimum Gasteiger partial charge on any atom is -0.359 e. The SMILES string of the molecule is Cc1cc(C)c2c(NCC(=O)Nc3sc4c(c3C#N)CCCC4)n[nH]c2n1. The van der Waals surface area contributed by atoms with Crippen LogP contribution >= 0.6 is 11.3 Å². The van der Waals surface area contributed by atoms with E-state index in [-0.39, 0.29) is 12.5 Å². The molecule has 0 fully saturated rings. The van der Waals surface area contributed by atoms with Gasteiger partial charge in [-0.15, -0.1) is 11.3 Å². The molecule has 4 rings (SSSR count). The van der Waals surface area contributed by atoms with Gasteiger partial charge in [-0.1, -0.05) is 0 Å². The maximum atomic E-state index is 12.4. The summed E-state index contributed by atoms with van der Waals surface area (Å²) in [4.78, 5) is 18.1. The van der Waals surface area contributed by atoms with Crippen LogP contribution in [-0.4, -0.2) is 27.6 Å². The Balaban J connectivity index is 1.48. The quantitative estimate of drug-likeness (QED) is 0.643. The first-order chi connectivity index (χ1) is 13.1. The number of H-pyrrole nitrogens is 1. The number of nitrogens with zero attached hydrogens (tertiary/aromatic N) is 3. The van der Waals surface area contributed by atoms with Gasteiger partial charge in [-0.05, 0) is 56.7 Å². The number of nitrogens with one attached hydrogen (secondary N) is 3. The molecule has 0 unspecified atom stereocenters. The van der Waals surface area contributed by atoms with E-state index < -0.39 is 0 Å². The largest absolute Gasteiger partial charge is 0.359 e. The third-order valence-corrected chi connectivity index (χ3v) is 6.01. The molecule has 138 valence electrons. The van der Waals surface area contributed by atoms with Gasteiger partial charge in [0.2, 0.25) is 5.91 Å². The number of carbonyl (C=O) groups is 1. The fourth-order valence-corrected chi connectivity index (χ4v) is 4.87. The number of hydrogen-bond donors (Lipinski definition) is 3. The van der Waals surface area contributed by atoms with E-state index in [4.69, 9.17) is 0 Å². The zero-order chi connectivity index (χ0) is 19.0. The highest BCUT2D eigenvalue weighted by Crippen LogP contribution is 2.37. The van der Waals surface area contributed by atoms with Crippen LogP contribution in [0.25, 0.3) is 11.0 Å². The Morgan fingerprint density at radius 1 is 1.37 bits per heavy atom. The lowest BCUT2D eigenvalue weighted by Gasteiger charge is -2.09. The van der Waals surface area contributed by atoms with Gasteiger partial charge >= 0.3 is 0 Å². The van der Waals surface area contributed by atoms with Crippen molar-refractivity contribution in [2.24, 2.45) is 0 Å². The second kappa shape index (κ2) is 7.00. The number of aryl methyl sites for hydroxylation is 3. The molecule has 0 aliphatic heterocycles. The minimum absolute atomic E-state index is 0.0701. The first-order valence-electron chi connectivity index (χ1n) is 8.97. The number of anilines is 2. The predicted octanol–water partition coefficient (Wildman–Crippen LogP) is 3.44. The third-order valence-electron chi connectivity index (χ3n) is 4.81. The highest BCUT2D eigenvalue weighted by molar-refractivity contribution is 7.16. The summed E-state index contributed by atoms with van der Waals surface area (Å²) in [6.45, 7) is 4.00. The summed E-state index contributed by atoms with van der Waals surface area (Å²) in [6.07, 6.45) is 4.17. The van der Waals surface area contributed by atoms with Crippen LogP contribution in [0.4, 0.5) is 10.8 Å². The molecule has 0 radical (unpaired) electrons. The molecular formula is C19H20N6OS. The first kappa shape index (κ1) is 17.5. The second-order valence-electron chi connectivity index (χ2n) is 6.80. The van der Waals surface area contributed by atoms with E-state index in [1.165, 1.54) is 16.2 Å². The van der Waals surface area contributed by atoms with Gasteiger partial charge in [-0.3, -0.25) is 9.89 Å². The molecule has 0 bridgehead atoms. The molecular weight excluding hydrogens is 360 g/mol. The van der Waals surface area contributed by atoms with E-state index in [1.807, 2.05) is 19.9 Å². The molecule has 3 aromatic heterocycles. The van der Waals surface area contributed by atoms with Gasteiger partial charge in [0.15, 0.2) is 11.5 Å². The van der Waals surface area contributed by atoms with Crippen LogP contribution in [0.1, 0.15) is 40.1 Å². The smallest absolute Gasteiger partial charge is 0.244 e. The van der Waals surface area contributed by atoms with Crippen molar-refractivity contribution in [3.8, 4) is 6.07 Å². The standard InChI is InChI=1S/C19H20N6OS/c1-10-7-11(2)22-18-16(10)17(24-25-18)21-9-15(26)23-19-13(8-20)12-5-3-4-6-14(12)27-19/h7H,3-6,9H2,1-2H3,(H,23,26)(H2,21,22,24,25). The molecule has 0 aromatic carbocycles. The fraction of sp³-hybridized carbons (Fsp3) is 0.368. The topological polar surface area (TPSA) is 106 Å². The van der Waals surface area contributed by atoms with Gasteiger partial charge in [0.25, 0.3) is 0 Å². The number of rotatable bonds is 4. The molecule has 3 heterocycles. The van der Waals surface area contributed by atoms with Crippen LogP contribution in [0.3, 0.4) is 0 Å². The van der Waals surface area contributed by atoms with E-state index in [9.17, 15) is 10.1 Å². The van der Waals surface area contributed by atoms with E-state index in [1.54, 1.807) is 0 Å². The molecule has 1 aliphatic carbocycles. The fourth-order valence-electron chi connectivity index (χ4n) is 3.62. The summed E-state index contributed by atoms with van der Waals surface area (Å²) < 4.78 is 0. The Hall–Kier alpha value is -2.92. The Labute approximate surface area is 160 Å². The Morgan fingerprint density at radius 3 is 3.00 bits per heavy atom. The van der Waals surface area contributed by atoms with Crippen LogP contribution in [0.5, 0.6) is 0 Å². The number of fused-ring (bicyclic) bond motifs is 2. The summed E-state index contributed by atoms with van der Waals surface area (Å²) in [7, 11) is 0. The number of pyridine rings is 1. The van der Waals surface area contributed by atoms with E-state index in [0.29, 0.717) is 22.0 Å².